The highest BCUT2D eigenvalue weighted by Gasteiger charge is 2.27. The van der Waals surface area contributed by atoms with Gasteiger partial charge < -0.3 is 15.2 Å². The molecule has 1 aliphatic heterocycles. The van der Waals surface area contributed by atoms with Crippen molar-refractivity contribution in [1.29, 1.82) is 0 Å². The summed E-state index contributed by atoms with van der Waals surface area (Å²) in [6.45, 7) is 3.19. The van der Waals surface area contributed by atoms with E-state index in [2.05, 4.69) is 15.8 Å². The van der Waals surface area contributed by atoms with Crippen LogP contribution in [0.3, 0.4) is 0 Å². The Morgan fingerprint density at radius 2 is 2.36 bits per heavy atom. The monoisotopic (exact) mass is 323 g/mol. The Bertz CT molecular complexity index is 691. The van der Waals surface area contributed by atoms with E-state index in [-0.39, 0.29) is 33.8 Å². The SMILES string of the molecule is Cc1onc(-c2c(F)cccc2Cl)c1C(=O)NC1CCNC1. The number of amides is 1. The van der Waals surface area contributed by atoms with E-state index in [9.17, 15) is 9.18 Å². The number of rotatable bonds is 3. The van der Waals surface area contributed by atoms with Gasteiger partial charge in [0.05, 0.1) is 10.6 Å². The molecule has 1 aromatic carbocycles. The number of carbonyl (C=O) groups is 1. The summed E-state index contributed by atoms with van der Waals surface area (Å²) in [5, 5.41) is 10.1. The highest BCUT2D eigenvalue weighted by molar-refractivity contribution is 6.33. The van der Waals surface area contributed by atoms with Crippen molar-refractivity contribution in [3.8, 4) is 11.3 Å². The Hall–Kier alpha value is -1.92. The van der Waals surface area contributed by atoms with Gasteiger partial charge in [-0.05, 0) is 32.0 Å². The minimum atomic E-state index is -0.544. The van der Waals surface area contributed by atoms with Crippen molar-refractivity contribution >= 4 is 17.5 Å². The molecule has 1 amide bonds. The van der Waals surface area contributed by atoms with Crippen LogP contribution in [0.5, 0.6) is 0 Å². The van der Waals surface area contributed by atoms with E-state index < -0.39 is 5.82 Å². The number of benzene rings is 1. The fourth-order valence-corrected chi connectivity index (χ4v) is 2.82. The number of carbonyl (C=O) groups excluding carboxylic acids is 1. The van der Waals surface area contributed by atoms with Crippen LogP contribution in [0.25, 0.3) is 11.3 Å². The quantitative estimate of drug-likeness (QED) is 0.911. The molecule has 0 bridgehead atoms. The highest BCUT2D eigenvalue weighted by atomic mass is 35.5. The van der Waals surface area contributed by atoms with Gasteiger partial charge in [-0.15, -0.1) is 0 Å². The largest absolute Gasteiger partial charge is 0.360 e. The van der Waals surface area contributed by atoms with Crippen molar-refractivity contribution in [2.24, 2.45) is 0 Å². The smallest absolute Gasteiger partial charge is 0.257 e. The highest BCUT2D eigenvalue weighted by Crippen LogP contribution is 2.33. The van der Waals surface area contributed by atoms with Gasteiger partial charge in [-0.2, -0.15) is 0 Å². The molecule has 22 heavy (non-hydrogen) atoms. The second-order valence-corrected chi connectivity index (χ2v) is 5.63. The molecule has 1 unspecified atom stereocenters. The normalized spacial score (nSPS) is 17.7. The molecule has 0 radical (unpaired) electrons. The standard InChI is InChI=1S/C15H15ClFN3O2/c1-8-12(15(21)19-9-5-6-18-7-9)14(20-22-8)13-10(16)3-2-4-11(13)17/h2-4,9,18H,5-7H2,1H3,(H,19,21). The second kappa shape index (κ2) is 6.06. The van der Waals surface area contributed by atoms with Crippen LogP contribution in [0.4, 0.5) is 4.39 Å². The van der Waals surface area contributed by atoms with Gasteiger partial charge in [0.1, 0.15) is 22.8 Å². The van der Waals surface area contributed by atoms with Crippen LogP contribution in [0, 0.1) is 12.7 Å². The van der Waals surface area contributed by atoms with Crippen LogP contribution in [-0.4, -0.2) is 30.2 Å². The number of nitrogens with zero attached hydrogens (tertiary/aromatic N) is 1. The van der Waals surface area contributed by atoms with Crippen LogP contribution in [0.15, 0.2) is 22.7 Å². The third-order valence-corrected chi connectivity index (χ3v) is 4.00. The van der Waals surface area contributed by atoms with Gasteiger partial charge in [0.2, 0.25) is 0 Å². The third kappa shape index (κ3) is 2.71. The van der Waals surface area contributed by atoms with Crippen LogP contribution in [0.1, 0.15) is 22.5 Å². The minimum absolute atomic E-state index is 0.0470. The summed E-state index contributed by atoms with van der Waals surface area (Å²) >= 11 is 6.06. The van der Waals surface area contributed by atoms with Crippen LogP contribution in [-0.2, 0) is 0 Å². The van der Waals surface area contributed by atoms with E-state index in [1.807, 2.05) is 0 Å². The van der Waals surface area contributed by atoms with Crippen molar-refractivity contribution in [1.82, 2.24) is 15.8 Å². The molecule has 0 spiro atoms. The molecule has 5 nitrogen and oxygen atoms in total. The predicted molar refractivity (Wildman–Crippen MR) is 80.4 cm³/mol. The molecule has 2 aromatic rings. The summed E-state index contributed by atoms with van der Waals surface area (Å²) in [7, 11) is 0. The molecular weight excluding hydrogens is 309 g/mol. The Kier molecular flexibility index (Phi) is 4.13. The molecular formula is C15H15ClFN3O2. The van der Waals surface area contributed by atoms with Gasteiger partial charge in [0, 0.05) is 12.6 Å². The van der Waals surface area contributed by atoms with Crippen molar-refractivity contribution in [3.05, 3.63) is 40.4 Å². The average Bonchev–Trinajstić information content (AvgIpc) is 3.09. The number of hydrogen-bond acceptors (Lipinski definition) is 4. The number of nitrogens with one attached hydrogen (secondary N) is 2. The zero-order chi connectivity index (χ0) is 15.7. The first-order valence-electron chi connectivity index (χ1n) is 7.00. The van der Waals surface area contributed by atoms with Crippen molar-refractivity contribution in [2.45, 2.75) is 19.4 Å². The van der Waals surface area contributed by atoms with E-state index >= 15 is 0 Å². The molecule has 0 saturated carbocycles. The number of aromatic nitrogens is 1. The lowest BCUT2D eigenvalue weighted by molar-refractivity contribution is 0.0939. The van der Waals surface area contributed by atoms with E-state index in [1.54, 1.807) is 13.0 Å². The minimum Gasteiger partial charge on any atom is -0.360 e. The maximum absolute atomic E-state index is 14.1. The average molecular weight is 324 g/mol. The molecule has 1 fully saturated rings. The molecule has 2 N–H and O–H groups in total. The van der Waals surface area contributed by atoms with Gasteiger partial charge in [-0.1, -0.05) is 22.8 Å². The third-order valence-electron chi connectivity index (χ3n) is 3.68. The van der Waals surface area contributed by atoms with Crippen molar-refractivity contribution in [3.63, 3.8) is 0 Å². The van der Waals surface area contributed by atoms with Gasteiger partial charge >= 0.3 is 0 Å². The van der Waals surface area contributed by atoms with Crippen molar-refractivity contribution in [2.75, 3.05) is 13.1 Å². The lowest BCUT2D eigenvalue weighted by Gasteiger charge is -2.11. The lowest BCUT2D eigenvalue weighted by Crippen LogP contribution is -2.36. The summed E-state index contributed by atoms with van der Waals surface area (Å²) in [5.41, 5.74) is 0.429. The van der Waals surface area contributed by atoms with Gasteiger partial charge in [0.25, 0.3) is 5.91 Å². The topological polar surface area (TPSA) is 67.2 Å². The van der Waals surface area contributed by atoms with Crippen molar-refractivity contribution < 1.29 is 13.7 Å². The summed E-state index contributed by atoms with van der Waals surface area (Å²) in [6, 6.07) is 4.36. The van der Waals surface area contributed by atoms with E-state index in [0.717, 1.165) is 13.0 Å². The second-order valence-electron chi connectivity index (χ2n) is 5.22. The number of aryl methyl sites for hydroxylation is 1. The zero-order valence-corrected chi connectivity index (χ0v) is 12.7. The van der Waals surface area contributed by atoms with E-state index in [1.165, 1.54) is 12.1 Å². The Morgan fingerprint density at radius 1 is 1.55 bits per heavy atom. The lowest BCUT2D eigenvalue weighted by atomic mass is 10.0. The maximum Gasteiger partial charge on any atom is 0.257 e. The molecule has 116 valence electrons. The van der Waals surface area contributed by atoms with Gasteiger partial charge in [-0.25, -0.2) is 4.39 Å². The van der Waals surface area contributed by atoms with E-state index in [4.69, 9.17) is 16.1 Å². The van der Waals surface area contributed by atoms with Crippen LogP contribution in [0.2, 0.25) is 5.02 Å². The first kappa shape index (κ1) is 15.0. The number of halogens is 2. The molecule has 2 heterocycles. The summed E-state index contributed by atoms with van der Waals surface area (Å²) < 4.78 is 19.2. The molecule has 1 saturated heterocycles. The molecule has 1 atom stereocenters. The molecule has 1 aliphatic rings. The first-order valence-corrected chi connectivity index (χ1v) is 7.38. The summed E-state index contributed by atoms with van der Waals surface area (Å²) in [4.78, 5) is 12.5. The zero-order valence-electron chi connectivity index (χ0n) is 12.0. The summed E-state index contributed by atoms with van der Waals surface area (Å²) in [5.74, 6) is -0.545. The van der Waals surface area contributed by atoms with Gasteiger partial charge in [0.15, 0.2) is 0 Å². The fraction of sp³-hybridized carbons (Fsp3) is 0.333. The predicted octanol–water partition coefficient (Wildman–Crippen LogP) is 2.53. The molecule has 7 heteroatoms. The summed E-state index contributed by atoms with van der Waals surface area (Å²) in [6.07, 6.45) is 0.853. The van der Waals surface area contributed by atoms with E-state index in [0.29, 0.717) is 12.3 Å². The number of hydrogen-bond donors (Lipinski definition) is 2. The molecule has 3 rings (SSSR count). The first-order chi connectivity index (χ1) is 10.6. The molecule has 1 aromatic heterocycles. The Balaban J connectivity index is 1.98. The van der Waals surface area contributed by atoms with Crippen LogP contribution >= 0.6 is 11.6 Å². The Labute approximate surface area is 131 Å². The van der Waals surface area contributed by atoms with Crippen LogP contribution < -0.4 is 10.6 Å². The van der Waals surface area contributed by atoms with Gasteiger partial charge in [-0.3, -0.25) is 4.79 Å². The Morgan fingerprint density at radius 3 is 3.05 bits per heavy atom. The molecule has 0 aliphatic carbocycles. The maximum atomic E-state index is 14.1. The fourth-order valence-electron chi connectivity index (χ4n) is 2.57.